The summed E-state index contributed by atoms with van der Waals surface area (Å²) in [5, 5.41) is 5.02. The van der Waals surface area contributed by atoms with E-state index in [4.69, 9.17) is 4.74 Å². The fourth-order valence-corrected chi connectivity index (χ4v) is 4.22. The quantitative estimate of drug-likeness (QED) is 0.629. The maximum atomic E-state index is 13.0. The summed E-state index contributed by atoms with van der Waals surface area (Å²) in [5.74, 6) is 0. The van der Waals surface area contributed by atoms with Crippen LogP contribution in [0.3, 0.4) is 0 Å². The molecule has 156 valence electrons. The van der Waals surface area contributed by atoms with Gasteiger partial charge >= 0.3 is 11.7 Å². The van der Waals surface area contributed by atoms with Crippen LogP contribution in [0, 0.1) is 0 Å². The van der Waals surface area contributed by atoms with Gasteiger partial charge in [-0.3, -0.25) is 4.57 Å². The lowest BCUT2D eigenvalue weighted by molar-refractivity contribution is 0.0821. The minimum atomic E-state index is -0.300. The highest BCUT2D eigenvalue weighted by molar-refractivity contribution is 7.09. The maximum absolute atomic E-state index is 13.0. The molecular formula is C22H24N4O3S. The topological polar surface area (TPSA) is 76.5 Å². The van der Waals surface area contributed by atoms with E-state index in [0.29, 0.717) is 25.3 Å². The van der Waals surface area contributed by atoms with E-state index >= 15 is 0 Å². The summed E-state index contributed by atoms with van der Waals surface area (Å²) < 4.78 is 7.27. The molecule has 1 aliphatic heterocycles. The zero-order chi connectivity index (χ0) is 20.8. The Kier molecular flexibility index (Phi) is 6.56. The van der Waals surface area contributed by atoms with Crippen LogP contribution < -0.4 is 11.0 Å². The Balaban J connectivity index is 1.46. The smallest absolute Gasteiger partial charge is 0.347 e. The second-order valence-electron chi connectivity index (χ2n) is 7.26. The van der Waals surface area contributed by atoms with Crippen molar-refractivity contribution in [3.05, 3.63) is 81.2 Å². The second kappa shape index (κ2) is 9.69. The minimum absolute atomic E-state index is 0.0829. The first-order valence-electron chi connectivity index (χ1n) is 9.98. The normalized spacial score (nSPS) is 15.8. The Morgan fingerprint density at radius 2 is 2.23 bits per heavy atom. The third kappa shape index (κ3) is 5.34. The molecule has 3 heterocycles. The molecule has 0 aliphatic carbocycles. The van der Waals surface area contributed by atoms with Gasteiger partial charge in [-0.05, 0) is 48.1 Å². The van der Waals surface area contributed by atoms with Crippen molar-refractivity contribution in [1.82, 2.24) is 14.5 Å². The number of nitrogens with zero attached hydrogens (tertiary/aromatic N) is 3. The van der Waals surface area contributed by atoms with Gasteiger partial charge in [0.15, 0.2) is 0 Å². The Hall–Kier alpha value is -2.97. The Morgan fingerprint density at radius 1 is 1.30 bits per heavy atom. The summed E-state index contributed by atoms with van der Waals surface area (Å²) in [5.41, 5.74) is 1.30. The number of thiophene rings is 1. The van der Waals surface area contributed by atoms with Crippen LogP contribution in [-0.2, 0) is 17.8 Å². The molecule has 0 bridgehead atoms. The summed E-state index contributed by atoms with van der Waals surface area (Å²) >= 11 is 1.64. The number of nitrogens with one attached hydrogen (secondary N) is 1. The molecule has 0 radical (unpaired) electrons. The molecule has 0 spiro atoms. The van der Waals surface area contributed by atoms with E-state index in [-0.39, 0.29) is 17.8 Å². The van der Waals surface area contributed by atoms with E-state index in [2.05, 4.69) is 10.3 Å². The van der Waals surface area contributed by atoms with Crippen LogP contribution in [0.5, 0.6) is 0 Å². The Bertz CT molecular complexity index is 1030. The molecule has 1 aliphatic rings. The lowest BCUT2D eigenvalue weighted by atomic mass is 10.2. The van der Waals surface area contributed by atoms with E-state index < -0.39 is 0 Å². The van der Waals surface area contributed by atoms with E-state index in [1.165, 1.54) is 10.8 Å². The second-order valence-corrected chi connectivity index (χ2v) is 8.29. The van der Waals surface area contributed by atoms with Crippen molar-refractivity contribution in [3.8, 4) is 0 Å². The van der Waals surface area contributed by atoms with Gasteiger partial charge in [0.05, 0.1) is 19.2 Å². The van der Waals surface area contributed by atoms with Crippen LogP contribution in [-0.4, -0.2) is 39.7 Å². The number of aromatic nitrogens is 2. The standard InChI is InChI=1S/C22H24N4O3S/c27-21-23-9-4-10-25(21)14-17-5-1-6-18(13-17)24-22(28)26(15-19-7-2-11-29-19)16-20-8-3-12-30-20/h1,3-6,8-10,12-13,19H,2,7,11,14-16H2,(H,24,28)/t19-/m0/s1. The van der Waals surface area contributed by atoms with Crippen LogP contribution in [0.4, 0.5) is 10.5 Å². The number of hydrogen-bond acceptors (Lipinski definition) is 5. The van der Waals surface area contributed by atoms with Gasteiger partial charge < -0.3 is 15.0 Å². The number of amides is 2. The minimum Gasteiger partial charge on any atom is -0.376 e. The molecule has 1 N–H and O–H groups in total. The van der Waals surface area contributed by atoms with Gasteiger partial charge in [0, 0.05) is 36.1 Å². The summed E-state index contributed by atoms with van der Waals surface area (Å²) in [6, 6.07) is 13.1. The predicted molar refractivity (Wildman–Crippen MR) is 117 cm³/mol. The number of ether oxygens (including phenoxy) is 1. The van der Waals surface area contributed by atoms with Gasteiger partial charge in [0.2, 0.25) is 0 Å². The van der Waals surface area contributed by atoms with Crippen molar-refractivity contribution in [3.63, 3.8) is 0 Å². The molecule has 0 saturated carbocycles. The van der Waals surface area contributed by atoms with Crippen molar-refractivity contribution < 1.29 is 9.53 Å². The van der Waals surface area contributed by atoms with E-state index in [1.807, 2.05) is 41.8 Å². The molecule has 1 aromatic carbocycles. The predicted octanol–water partition coefficient (Wildman–Crippen LogP) is 3.57. The number of rotatable bonds is 7. The monoisotopic (exact) mass is 424 g/mol. The van der Waals surface area contributed by atoms with Crippen molar-refractivity contribution in [1.29, 1.82) is 0 Å². The highest BCUT2D eigenvalue weighted by Crippen LogP contribution is 2.19. The van der Waals surface area contributed by atoms with Crippen molar-refractivity contribution in [2.75, 3.05) is 18.5 Å². The fourth-order valence-electron chi connectivity index (χ4n) is 3.50. The summed E-state index contributed by atoms with van der Waals surface area (Å²) in [4.78, 5) is 31.6. The number of urea groups is 1. The van der Waals surface area contributed by atoms with Crippen LogP contribution in [0.15, 0.2) is 65.0 Å². The average Bonchev–Trinajstić information content (AvgIpc) is 3.44. The molecule has 30 heavy (non-hydrogen) atoms. The molecule has 4 rings (SSSR count). The van der Waals surface area contributed by atoms with Gasteiger partial charge in [-0.2, -0.15) is 0 Å². The first-order chi connectivity index (χ1) is 14.7. The highest BCUT2D eigenvalue weighted by Gasteiger charge is 2.23. The first kappa shape index (κ1) is 20.3. The van der Waals surface area contributed by atoms with Crippen LogP contribution in [0.2, 0.25) is 0 Å². The number of anilines is 1. The first-order valence-corrected chi connectivity index (χ1v) is 10.9. The van der Waals surface area contributed by atoms with Gasteiger partial charge in [0.1, 0.15) is 0 Å². The molecule has 7 nitrogen and oxygen atoms in total. The SMILES string of the molecule is O=C(Nc1cccc(Cn2cccnc2=O)c1)N(Cc1cccs1)C[C@@H]1CCCO1. The van der Waals surface area contributed by atoms with Gasteiger partial charge in [-0.15, -0.1) is 11.3 Å². The molecule has 3 aromatic rings. The molecule has 0 unspecified atom stereocenters. The van der Waals surface area contributed by atoms with E-state index in [9.17, 15) is 9.59 Å². The molecule has 8 heteroatoms. The number of benzene rings is 1. The Morgan fingerprint density at radius 3 is 3.00 bits per heavy atom. The van der Waals surface area contributed by atoms with Gasteiger partial charge in [-0.1, -0.05) is 18.2 Å². The number of carbonyl (C=O) groups is 1. The largest absolute Gasteiger partial charge is 0.376 e. The third-order valence-corrected chi connectivity index (χ3v) is 5.84. The molecule has 1 fully saturated rings. The fraction of sp³-hybridized carbons (Fsp3) is 0.318. The molecule has 2 aromatic heterocycles. The molecule has 1 atom stereocenters. The van der Waals surface area contributed by atoms with Crippen molar-refractivity contribution in [2.24, 2.45) is 0 Å². The van der Waals surface area contributed by atoms with Gasteiger partial charge in [0.25, 0.3) is 0 Å². The average molecular weight is 425 g/mol. The maximum Gasteiger partial charge on any atom is 0.347 e. The molecule has 1 saturated heterocycles. The van der Waals surface area contributed by atoms with Crippen LogP contribution in [0.25, 0.3) is 0 Å². The van der Waals surface area contributed by atoms with Crippen LogP contribution in [0.1, 0.15) is 23.3 Å². The lowest BCUT2D eigenvalue weighted by Gasteiger charge is -2.25. The third-order valence-electron chi connectivity index (χ3n) is 4.98. The van der Waals surface area contributed by atoms with Gasteiger partial charge in [-0.25, -0.2) is 14.6 Å². The van der Waals surface area contributed by atoms with E-state index in [0.717, 1.165) is 29.9 Å². The van der Waals surface area contributed by atoms with E-state index in [1.54, 1.807) is 28.5 Å². The Labute approximate surface area is 178 Å². The summed E-state index contributed by atoms with van der Waals surface area (Å²) in [6.45, 7) is 2.27. The number of hydrogen-bond donors (Lipinski definition) is 1. The molecular weight excluding hydrogens is 400 g/mol. The molecule has 2 amide bonds. The number of carbonyl (C=O) groups excluding carboxylic acids is 1. The highest BCUT2D eigenvalue weighted by atomic mass is 32.1. The summed E-state index contributed by atoms with van der Waals surface area (Å²) in [6.07, 6.45) is 5.27. The van der Waals surface area contributed by atoms with Crippen molar-refractivity contribution >= 4 is 23.1 Å². The lowest BCUT2D eigenvalue weighted by Crippen LogP contribution is -2.39. The van der Waals surface area contributed by atoms with Crippen molar-refractivity contribution in [2.45, 2.75) is 32.0 Å². The zero-order valence-electron chi connectivity index (χ0n) is 16.6. The summed E-state index contributed by atoms with van der Waals surface area (Å²) in [7, 11) is 0. The zero-order valence-corrected chi connectivity index (χ0v) is 17.4. The van der Waals surface area contributed by atoms with Crippen LogP contribution >= 0.6 is 11.3 Å².